The topological polar surface area (TPSA) is 26.8 Å². The molecule has 4 heteroatoms. The van der Waals surface area contributed by atoms with Gasteiger partial charge in [-0.15, -0.1) is 0 Å². The van der Waals surface area contributed by atoms with E-state index in [-0.39, 0.29) is 5.91 Å². The van der Waals surface area contributed by atoms with Crippen molar-refractivity contribution in [2.75, 3.05) is 36.5 Å². The smallest absolute Gasteiger partial charge is 0.223 e. The molecule has 0 unspecified atom stereocenters. The number of likely N-dealkylation sites (N-methyl/N-ethyl adjacent to an activating group) is 1. The molecule has 1 aromatic carbocycles. The number of carbonyl (C=O) groups excluding carboxylic acids is 1. The second-order valence-corrected chi connectivity index (χ2v) is 6.96. The van der Waals surface area contributed by atoms with E-state index in [0.29, 0.717) is 12.1 Å². The van der Waals surface area contributed by atoms with Crippen LogP contribution < -0.4 is 9.80 Å². The van der Waals surface area contributed by atoms with Crippen molar-refractivity contribution in [2.45, 2.75) is 46.2 Å². The number of piperazine rings is 1. The van der Waals surface area contributed by atoms with Crippen LogP contribution in [0.4, 0.5) is 11.4 Å². The van der Waals surface area contributed by atoms with Gasteiger partial charge in [0.15, 0.2) is 0 Å². The predicted molar refractivity (Wildman–Crippen MR) is 91.8 cm³/mol. The van der Waals surface area contributed by atoms with Crippen LogP contribution in [0.1, 0.15) is 31.9 Å². The highest BCUT2D eigenvalue weighted by atomic mass is 16.2. The Morgan fingerprint density at radius 3 is 2.36 bits per heavy atom. The Balaban J connectivity index is 1.95. The van der Waals surface area contributed by atoms with Gasteiger partial charge in [0.05, 0.1) is 0 Å². The van der Waals surface area contributed by atoms with Gasteiger partial charge in [-0.3, -0.25) is 9.69 Å². The van der Waals surface area contributed by atoms with E-state index in [1.165, 1.54) is 16.8 Å². The molecule has 0 spiro atoms. The van der Waals surface area contributed by atoms with Gasteiger partial charge in [-0.1, -0.05) is 6.07 Å². The SMILES string of the molecule is CC(=O)N1CCc2cc(C)c(N3C[C@@H](C)N(C)[C@@H](C)C3)cc21. The van der Waals surface area contributed by atoms with Crippen LogP contribution >= 0.6 is 0 Å². The molecule has 4 nitrogen and oxygen atoms in total. The van der Waals surface area contributed by atoms with Crippen molar-refractivity contribution in [3.63, 3.8) is 0 Å². The molecular weight excluding hydrogens is 274 g/mol. The standard InChI is InChI=1S/C18H27N3O/c1-12-8-16-6-7-21(15(4)22)18(16)9-17(12)20-10-13(2)19(5)14(3)11-20/h8-9,13-14H,6-7,10-11H2,1-5H3/t13-,14+. The molecule has 2 aliphatic heterocycles. The third-order valence-corrected chi connectivity index (χ3v) is 5.37. The van der Waals surface area contributed by atoms with Gasteiger partial charge in [-0.2, -0.15) is 0 Å². The molecule has 0 aromatic heterocycles. The number of fused-ring (bicyclic) bond motifs is 1. The maximum Gasteiger partial charge on any atom is 0.223 e. The van der Waals surface area contributed by atoms with Crippen molar-refractivity contribution >= 4 is 17.3 Å². The third-order valence-electron chi connectivity index (χ3n) is 5.37. The van der Waals surface area contributed by atoms with Gasteiger partial charge in [0.2, 0.25) is 5.91 Å². The fraction of sp³-hybridized carbons (Fsp3) is 0.611. The van der Waals surface area contributed by atoms with Crippen LogP contribution in [0.25, 0.3) is 0 Å². The molecule has 22 heavy (non-hydrogen) atoms. The second-order valence-electron chi connectivity index (χ2n) is 6.96. The zero-order valence-electron chi connectivity index (χ0n) is 14.4. The molecule has 0 saturated carbocycles. The van der Waals surface area contributed by atoms with Gasteiger partial charge in [-0.25, -0.2) is 0 Å². The lowest BCUT2D eigenvalue weighted by Crippen LogP contribution is -2.55. The largest absolute Gasteiger partial charge is 0.368 e. The molecule has 1 aromatic rings. The van der Waals surface area contributed by atoms with Gasteiger partial charge in [0.1, 0.15) is 0 Å². The summed E-state index contributed by atoms with van der Waals surface area (Å²) in [5.74, 6) is 0.147. The van der Waals surface area contributed by atoms with Gasteiger partial charge in [-0.05, 0) is 51.4 Å². The Labute approximate surface area is 133 Å². The van der Waals surface area contributed by atoms with Crippen LogP contribution in [0, 0.1) is 6.92 Å². The molecule has 0 aliphatic carbocycles. The van der Waals surface area contributed by atoms with Crippen LogP contribution in [0.2, 0.25) is 0 Å². The van der Waals surface area contributed by atoms with E-state index in [9.17, 15) is 4.79 Å². The summed E-state index contributed by atoms with van der Waals surface area (Å²) in [5, 5.41) is 0. The summed E-state index contributed by atoms with van der Waals surface area (Å²) in [6.45, 7) is 11.3. The third kappa shape index (κ3) is 2.50. The predicted octanol–water partition coefficient (Wildman–Crippen LogP) is 2.43. The summed E-state index contributed by atoms with van der Waals surface area (Å²) in [6.07, 6.45) is 0.978. The maximum atomic E-state index is 11.8. The molecule has 1 amide bonds. The first-order valence-electron chi connectivity index (χ1n) is 8.27. The number of amides is 1. The minimum atomic E-state index is 0.147. The normalized spacial score (nSPS) is 25.5. The van der Waals surface area contributed by atoms with Crippen molar-refractivity contribution in [3.8, 4) is 0 Å². The van der Waals surface area contributed by atoms with E-state index in [1.54, 1.807) is 6.92 Å². The van der Waals surface area contributed by atoms with E-state index in [1.807, 2.05) is 4.90 Å². The first kappa shape index (κ1) is 15.3. The number of benzene rings is 1. The lowest BCUT2D eigenvalue weighted by Gasteiger charge is -2.44. The zero-order valence-corrected chi connectivity index (χ0v) is 14.4. The van der Waals surface area contributed by atoms with E-state index >= 15 is 0 Å². The summed E-state index contributed by atoms with van der Waals surface area (Å²) in [5.41, 5.74) is 5.05. The minimum absolute atomic E-state index is 0.147. The molecule has 3 rings (SSSR count). The average molecular weight is 301 g/mol. The minimum Gasteiger partial charge on any atom is -0.368 e. The highest BCUT2D eigenvalue weighted by Crippen LogP contribution is 2.36. The number of hydrogen-bond donors (Lipinski definition) is 0. The quantitative estimate of drug-likeness (QED) is 0.797. The summed E-state index contributed by atoms with van der Waals surface area (Å²) < 4.78 is 0. The van der Waals surface area contributed by atoms with E-state index in [2.05, 4.69) is 49.8 Å². The Kier molecular flexibility index (Phi) is 3.89. The molecule has 2 heterocycles. The van der Waals surface area contributed by atoms with Crippen LogP contribution in [0.15, 0.2) is 12.1 Å². The van der Waals surface area contributed by atoms with Crippen molar-refractivity contribution in [1.82, 2.24) is 4.90 Å². The first-order chi connectivity index (χ1) is 10.4. The lowest BCUT2D eigenvalue weighted by molar-refractivity contribution is -0.116. The fourth-order valence-electron chi connectivity index (χ4n) is 3.82. The Hall–Kier alpha value is -1.55. The summed E-state index contributed by atoms with van der Waals surface area (Å²) in [4.78, 5) is 18.7. The van der Waals surface area contributed by atoms with Gasteiger partial charge in [0, 0.05) is 50.0 Å². The molecule has 1 fully saturated rings. The van der Waals surface area contributed by atoms with Crippen LogP contribution in [0.3, 0.4) is 0 Å². The zero-order chi connectivity index (χ0) is 16.0. The number of rotatable bonds is 1. The van der Waals surface area contributed by atoms with Crippen LogP contribution in [-0.4, -0.2) is 49.6 Å². The van der Waals surface area contributed by atoms with E-state index in [0.717, 1.165) is 31.7 Å². The first-order valence-corrected chi connectivity index (χ1v) is 8.27. The Morgan fingerprint density at radius 1 is 1.14 bits per heavy atom. The molecule has 0 bridgehead atoms. The lowest BCUT2D eigenvalue weighted by atomic mass is 10.0. The molecule has 120 valence electrons. The summed E-state index contributed by atoms with van der Waals surface area (Å²) in [6, 6.07) is 5.60. The van der Waals surface area contributed by atoms with E-state index < -0.39 is 0 Å². The van der Waals surface area contributed by atoms with Crippen LogP contribution in [0.5, 0.6) is 0 Å². The van der Waals surface area contributed by atoms with Crippen molar-refractivity contribution in [3.05, 3.63) is 23.3 Å². The highest BCUT2D eigenvalue weighted by Gasteiger charge is 2.29. The summed E-state index contributed by atoms with van der Waals surface area (Å²) >= 11 is 0. The fourth-order valence-corrected chi connectivity index (χ4v) is 3.82. The molecule has 1 saturated heterocycles. The van der Waals surface area contributed by atoms with E-state index in [4.69, 9.17) is 0 Å². The summed E-state index contributed by atoms with van der Waals surface area (Å²) in [7, 11) is 2.21. The van der Waals surface area contributed by atoms with Crippen molar-refractivity contribution in [1.29, 1.82) is 0 Å². The monoisotopic (exact) mass is 301 g/mol. The molecular formula is C18H27N3O. The van der Waals surface area contributed by atoms with Gasteiger partial charge >= 0.3 is 0 Å². The van der Waals surface area contributed by atoms with Crippen molar-refractivity contribution in [2.24, 2.45) is 0 Å². The van der Waals surface area contributed by atoms with Gasteiger partial charge in [0.25, 0.3) is 0 Å². The number of aryl methyl sites for hydroxylation is 1. The van der Waals surface area contributed by atoms with Crippen LogP contribution in [-0.2, 0) is 11.2 Å². The van der Waals surface area contributed by atoms with Crippen molar-refractivity contribution < 1.29 is 4.79 Å². The Bertz CT molecular complexity index is 586. The highest BCUT2D eigenvalue weighted by molar-refractivity contribution is 5.94. The molecule has 0 radical (unpaired) electrons. The molecule has 0 N–H and O–H groups in total. The number of anilines is 2. The maximum absolute atomic E-state index is 11.8. The second kappa shape index (κ2) is 5.58. The molecule has 2 atom stereocenters. The molecule has 2 aliphatic rings. The number of hydrogen-bond acceptors (Lipinski definition) is 3. The number of nitrogens with zero attached hydrogens (tertiary/aromatic N) is 3. The Morgan fingerprint density at radius 2 is 1.77 bits per heavy atom. The number of carbonyl (C=O) groups is 1. The van der Waals surface area contributed by atoms with Gasteiger partial charge < -0.3 is 9.80 Å². The average Bonchev–Trinajstić information content (AvgIpc) is 2.86.